The minimum atomic E-state index is 0.554. The molecule has 0 heterocycles. The van der Waals surface area contributed by atoms with Crippen LogP contribution in [0.2, 0.25) is 15.1 Å². The number of nitrogens with one attached hydrogen (secondary N) is 1. The van der Waals surface area contributed by atoms with E-state index in [0.717, 1.165) is 15.7 Å². The van der Waals surface area contributed by atoms with Crippen molar-refractivity contribution in [3.8, 4) is 0 Å². The van der Waals surface area contributed by atoms with Gasteiger partial charge in [-0.2, -0.15) is 0 Å². The molecule has 0 aliphatic carbocycles. The van der Waals surface area contributed by atoms with E-state index >= 15 is 0 Å². The Morgan fingerprint density at radius 2 is 1.67 bits per heavy atom. The molecule has 5 heteroatoms. The first-order valence-corrected chi connectivity index (χ1v) is 7.12. The number of benzene rings is 2. The van der Waals surface area contributed by atoms with Crippen LogP contribution in [-0.2, 0) is 6.54 Å². The zero-order chi connectivity index (χ0) is 13.1. The van der Waals surface area contributed by atoms with Gasteiger partial charge in [0, 0.05) is 11.0 Å². The lowest BCUT2D eigenvalue weighted by Crippen LogP contribution is -1.99. The number of hydrogen-bond acceptors (Lipinski definition) is 1. The second kappa shape index (κ2) is 6.16. The summed E-state index contributed by atoms with van der Waals surface area (Å²) >= 11 is 21.3. The van der Waals surface area contributed by atoms with E-state index in [1.54, 1.807) is 6.07 Å². The summed E-state index contributed by atoms with van der Waals surface area (Å²) in [6.45, 7) is 0.637. The van der Waals surface area contributed by atoms with Crippen molar-refractivity contribution < 1.29 is 0 Å². The van der Waals surface area contributed by atoms with Crippen LogP contribution in [0, 0.1) is 0 Å². The van der Waals surface area contributed by atoms with Gasteiger partial charge >= 0.3 is 0 Å². The van der Waals surface area contributed by atoms with Gasteiger partial charge in [0.2, 0.25) is 0 Å². The Labute approximate surface area is 129 Å². The Kier molecular flexibility index (Phi) is 4.79. The maximum Gasteiger partial charge on any atom is 0.0648 e. The molecule has 18 heavy (non-hydrogen) atoms. The van der Waals surface area contributed by atoms with Gasteiger partial charge in [-0.1, -0.05) is 56.8 Å². The molecule has 94 valence electrons. The van der Waals surface area contributed by atoms with Crippen LogP contribution < -0.4 is 5.32 Å². The maximum absolute atomic E-state index is 6.11. The molecule has 1 N–H and O–H groups in total. The van der Waals surface area contributed by atoms with Crippen molar-refractivity contribution in [2.24, 2.45) is 0 Å². The first kappa shape index (κ1) is 14.0. The molecule has 1 nitrogen and oxygen atoms in total. The Bertz CT molecular complexity index is 572. The van der Waals surface area contributed by atoms with Crippen LogP contribution in [0.4, 0.5) is 5.69 Å². The van der Waals surface area contributed by atoms with Crippen molar-refractivity contribution in [1.29, 1.82) is 0 Å². The predicted octanol–water partition coefficient (Wildman–Crippen LogP) is 6.02. The zero-order valence-corrected chi connectivity index (χ0v) is 13.0. The van der Waals surface area contributed by atoms with Gasteiger partial charge in [0.15, 0.2) is 0 Å². The monoisotopic (exact) mass is 363 g/mol. The van der Waals surface area contributed by atoms with Gasteiger partial charge in [0.05, 0.1) is 20.8 Å². The summed E-state index contributed by atoms with van der Waals surface area (Å²) in [5.74, 6) is 0. The molecule has 0 aromatic heterocycles. The van der Waals surface area contributed by atoms with E-state index < -0.39 is 0 Å². The van der Waals surface area contributed by atoms with Crippen molar-refractivity contribution in [1.82, 2.24) is 0 Å². The molecule has 0 atom stereocenters. The Balaban J connectivity index is 2.09. The van der Waals surface area contributed by atoms with E-state index in [2.05, 4.69) is 21.2 Å². The molecule has 2 aromatic carbocycles. The van der Waals surface area contributed by atoms with E-state index in [-0.39, 0.29) is 0 Å². The highest BCUT2D eigenvalue weighted by Gasteiger charge is 2.02. The van der Waals surface area contributed by atoms with Gasteiger partial charge in [0.1, 0.15) is 0 Å². The molecule has 0 saturated carbocycles. The minimum Gasteiger partial charge on any atom is -0.380 e. The largest absolute Gasteiger partial charge is 0.380 e. The molecule has 0 saturated heterocycles. The summed E-state index contributed by atoms with van der Waals surface area (Å²) in [5, 5.41) is 5.03. The molecule has 0 amide bonds. The number of hydrogen-bond donors (Lipinski definition) is 1. The molecular weight excluding hydrogens is 356 g/mol. The number of anilines is 1. The summed E-state index contributed by atoms with van der Waals surface area (Å²) in [5.41, 5.74) is 1.93. The first-order valence-electron chi connectivity index (χ1n) is 5.19. The molecule has 0 radical (unpaired) electrons. The Morgan fingerprint density at radius 1 is 0.889 bits per heavy atom. The lowest BCUT2D eigenvalue weighted by molar-refractivity contribution is 1.15. The standard InChI is InChI=1S/C13H9BrCl3N/c14-9-2-4-13(12(17)6-9)18-7-8-1-3-10(15)11(16)5-8/h1-6,18H,7H2. The van der Waals surface area contributed by atoms with E-state index in [0.29, 0.717) is 21.6 Å². The van der Waals surface area contributed by atoms with Crippen LogP contribution in [0.1, 0.15) is 5.56 Å². The van der Waals surface area contributed by atoms with Crippen LogP contribution in [0.25, 0.3) is 0 Å². The van der Waals surface area contributed by atoms with E-state index in [9.17, 15) is 0 Å². The third-order valence-electron chi connectivity index (χ3n) is 2.40. The van der Waals surface area contributed by atoms with E-state index in [1.807, 2.05) is 30.3 Å². The predicted molar refractivity (Wildman–Crippen MR) is 82.9 cm³/mol. The summed E-state index contributed by atoms with van der Waals surface area (Å²) in [7, 11) is 0. The highest BCUT2D eigenvalue weighted by atomic mass is 79.9. The zero-order valence-electron chi connectivity index (χ0n) is 9.18. The van der Waals surface area contributed by atoms with Crippen molar-refractivity contribution in [3.63, 3.8) is 0 Å². The van der Waals surface area contributed by atoms with Gasteiger partial charge < -0.3 is 5.32 Å². The fraction of sp³-hybridized carbons (Fsp3) is 0.0769. The molecule has 0 fully saturated rings. The van der Waals surface area contributed by atoms with Gasteiger partial charge in [-0.15, -0.1) is 0 Å². The third kappa shape index (κ3) is 3.55. The fourth-order valence-electron chi connectivity index (χ4n) is 1.48. The van der Waals surface area contributed by atoms with Crippen LogP contribution >= 0.6 is 50.7 Å². The third-order valence-corrected chi connectivity index (χ3v) is 3.94. The van der Waals surface area contributed by atoms with Gasteiger partial charge in [-0.05, 0) is 35.9 Å². The van der Waals surface area contributed by atoms with E-state index in [4.69, 9.17) is 34.8 Å². The summed E-state index contributed by atoms with van der Waals surface area (Å²) in [6, 6.07) is 11.2. The average molecular weight is 365 g/mol. The highest BCUT2D eigenvalue weighted by Crippen LogP contribution is 2.27. The summed E-state index contributed by atoms with van der Waals surface area (Å²) in [6.07, 6.45) is 0. The quantitative estimate of drug-likeness (QED) is 0.701. The van der Waals surface area contributed by atoms with Crippen LogP contribution in [-0.4, -0.2) is 0 Å². The highest BCUT2D eigenvalue weighted by molar-refractivity contribution is 9.10. The molecular formula is C13H9BrCl3N. The molecule has 0 aliphatic rings. The Hall–Kier alpha value is -0.410. The molecule has 2 aromatic rings. The minimum absolute atomic E-state index is 0.554. The first-order chi connectivity index (χ1) is 8.56. The lowest BCUT2D eigenvalue weighted by atomic mass is 10.2. The van der Waals surface area contributed by atoms with Crippen molar-refractivity contribution >= 4 is 56.4 Å². The Morgan fingerprint density at radius 3 is 2.33 bits per heavy atom. The molecule has 2 rings (SSSR count). The van der Waals surface area contributed by atoms with Crippen LogP contribution in [0.5, 0.6) is 0 Å². The van der Waals surface area contributed by atoms with Crippen molar-refractivity contribution in [2.75, 3.05) is 5.32 Å². The average Bonchev–Trinajstić information content (AvgIpc) is 2.32. The second-order valence-electron chi connectivity index (χ2n) is 3.73. The van der Waals surface area contributed by atoms with Crippen molar-refractivity contribution in [2.45, 2.75) is 6.54 Å². The summed E-state index contributed by atoms with van der Waals surface area (Å²) < 4.78 is 0.951. The van der Waals surface area contributed by atoms with Crippen LogP contribution in [0.15, 0.2) is 40.9 Å². The molecule has 0 aliphatic heterocycles. The van der Waals surface area contributed by atoms with E-state index in [1.165, 1.54) is 0 Å². The van der Waals surface area contributed by atoms with Crippen LogP contribution in [0.3, 0.4) is 0 Å². The maximum atomic E-state index is 6.11. The van der Waals surface area contributed by atoms with Crippen molar-refractivity contribution in [3.05, 3.63) is 61.5 Å². The normalized spacial score (nSPS) is 10.4. The summed E-state index contributed by atoms with van der Waals surface area (Å²) in [4.78, 5) is 0. The molecule has 0 bridgehead atoms. The smallest absolute Gasteiger partial charge is 0.0648 e. The van der Waals surface area contributed by atoms with Gasteiger partial charge in [0.25, 0.3) is 0 Å². The lowest BCUT2D eigenvalue weighted by Gasteiger charge is -2.09. The fourth-order valence-corrected chi connectivity index (χ4v) is 2.54. The number of rotatable bonds is 3. The molecule has 0 spiro atoms. The van der Waals surface area contributed by atoms with Gasteiger partial charge in [-0.25, -0.2) is 0 Å². The molecule has 0 unspecified atom stereocenters. The van der Waals surface area contributed by atoms with Gasteiger partial charge in [-0.3, -0.25) is 0 Å². The SMILES string of the molecule is Clc1ccc(CNc2ccc(Br)cc2Cl)cc1Cl. The number of halogens is 4. The topological polar surface area (TPSA) is 12.0 Å². The second-order valence-corrected chi connectivity index (χ2v) is 5.86.